The van der Waals surface area contributed by atoms with Gasteiger partial charge >= 0.3 is 12.0 Å². The van der Waals surface area contributed by atoms with E-state index in [1.807, 2.05) is 0 Å². The molecule has 6 heteroatoms. The highest BCUT2D eigenvalue weighted by atomic mass is 16.5. The van der Waals surface area contributed by atoms with Crippen molar-refractivity contribution in [1.29, 1.82) is 0 Å². The number of carbonyl (C=O) groups excluding carboxylic acids is 1. The zero-order chi connectivity index (χ0) is 12.0. The monoisotopic (exact) mass is 226 g/mol. The molecule has 0 amide bonds. The average Bonchev–Trinajstić information content (AvgIpc) is 2.29. The molecular formula is C10H14N2O4. The Hall–Kier alpha value is -1.85. The van der Waals surface area contributed by atoms with Gasteiger partial charge in [-0.1, -0.05) is 0 Å². The van der Waals surface area contributed by atoms with E-state index < -0.39 is 0 Å². The molecule has 0 aromatic carbocycles. The van der Waals surface area contributed by atoms with Crippen molar-refractivity contribution in [2.24, 2.45) is 0 Å². The molecule has 0 radical (unpaired) electrons. The number of esters is 1. The highest BCUT2D eigenvalue weighted by Crippen LogP contribution is 2.17. The third kappa shape index (κ3) is 3.38. The summed E-state index contributed by atoms with van der Waals surface area (Å²) in [6, 6.07) is 0.244. The largest absolute Gasteiger partial charge is 0.481 e. The molecule has 1 aromatic heterocycles. The smallest absolute Gasteiger partial charge is 0.319 e. The van der Waals surface area contributed by atoms with E-state index in [0.717, 1.165) is 5.56 Å². The fourth-order valence-corrected chi connectivity index (χ4v) is 1.13. The van der Waals surface area contributed by atoms with Crippen LogP contribution in [0.15, 0.2) is 6.20 Å². The second-order valence-corrected chi connectivity index (χ2v) is 2.98. The van der Waals surface area contributed by atoms with Crippen molar-refractivity contribution in [3.63, 3.8) is 0 Å². The predicted molar refractivity (Wildman–Crippen MR) is 55.5 cm³/mol. The molecule has 6 nitrogen and oxygen atoms in total. The van der Waals surface area contributed by atoms with Crippen molar-refractivity contribution in [3.05, 3.63) is 11.8 Å². The van der Waals surface area contributed by atoms with Gasteiger partial charge in [0.2, 0.25) is 5.88 Å². The van der Waals surface area contributed by atoms with Crippen LogP contribution < -0.4 is 9.47 Å². The molecule has 1 aromatic rings. The maximum absolute atomic E-state index is 10.6. The fraction of sp³-hybridized carbons (Fsp3) is 0.500. The number of ether oxygens (including phenoxy) is 3. The molecule has 0 bridgehead atoms. The summed E-state index contributed by atoms with van der Waals surface area (Å²) in [5.74, 6) is 0.118. The van der Waals surface area contributed by atoms with Crippen LogP contribution in [0, 0.1) is 0 Å². The Kier molecular flexibility index (Phi) is 4.50. The standard InChI is InChI=1S/C10H14N2O4/c1-7(13)16-5-4-8-6-11-10(15-3)12-9(8)14-2/h6H,4-5H2,1-3H3. The molecule has 88 valence electrons. The average molecular weight is 226 g/mol. The summed E-state index contributed by atoms with van der Waals surface area (Å²) in [6.07, 6.45) is 2.10. The first-order chi connectivity index (χ1) is 7.67. The molecule has 0 aliphatic heterocycles. The number of methoxy groups -OCH3 is 2. The molecule has 1 rings (SSSR count). The third-order valence-electron chi connectivity index (χ3n) is 1.86. The van der Waals surface area contributed by atoms with E-state index in [1.165, 1.54) is 21.1 Å². The van der Waals surface area contributed by atoms with E-state index in [4.69, 9.17) is 14.2 Å². The van der Waals surface area contributed by atoms with Crippen LogP contribution >= 0.6 is 0 Å². The number of hydrogen-bond acceptors (Lipinski definition) is 6. The first-order valence-electron chi connectivity index (χ1n) is 4.74. The van der Waals surface area contributed by atoms with Gasteiger partial charge in [0.05, 0.1) is 20.8 Å². The number of hydrogen-bond donors (Lipinski definition) is 0. The van der Waals surface area contributed by atoms with Crippen molar-refractivity contribution >= 4 is 5.97 Å². The van der Waals surface area contributed by atoms with Gasteiger partial charge in [-0.3, -0.25) is 4.79 Å². The first kappa shape index (κ1) is 12.2. The van der Waals surface area contributed by atoms with Crippen LogP contribution in [-0.4, -0.2) is 36.8 Å². The summed E-state index contributed by atoms with van der Waals surface area (Å²) in [5, 5.41) is 0. The molecule has 0 atom stereocenters. The predicted octanol–water partition coefficient (Wildman–Crippen LogP) is 0.599. The van der Waals surface area contributed by atoms with E-state index in [1.54, 1.807) is 6.20 Å². The van der Waals surface area contributed by atoms with Crippen LogP contribution in [0.5, 0.6) is 11.9 Å². The number of aromatic nitrogens is 2. The van der Waals surface area contributed by atoms with Gasteiger partial charge in [0.15, 0.2) is 0 Å². The first-order valence-corrected chi connectivity index (χ1v) is 4.74. The van der Waals surface area contributed by atoms with Crippen molar-refractivity contribution in [3.8, 4) is 11.9 Å². The third-order valence-corrected chi connectivity index (χ3v) is 1.86. The molecule has 0 saturated carbocycles. The van der Waals surface area contributed by atoms with Gasteiger partial charge in [0.25, 0.3) is 0 Å². The molecule has 0 aliphatic rings. The van der Waals surface area contributed by atoms with Crippen molar-refractivity contribution in [2.75, 3.05) is 20.8 Å². The summed E-state index contributed by atoms with van der Waals surface area (Å²) in [7, 11) is 2.99. The molecule has 0 unspecified atom stereocenters. The Labute approximate surface area is 93.6 Å². The lowest BCUT2D eigenvalue weighted by molar-refractivity contribution is -0.140. The Morgan fingerprint density at radius 1 is 1.38 bits per heavy atom. The molecule has 0 aliphatic carbocycles. The van der Waals surface area contributed by atoms with Crippen molar-refractivity contribution in [2.45, 2.75) is 13.3 Å². The maximum atomic E-state index is 10.6. The van der Waals surface area contributed by atoms with Gasteiger partial charge in [-0.2, -0.15) is 4.98 Å². The minimum Gasteiger partial charge on any atom is -0.481 e. The lowest BCUT2D eigenvalue weighted by Gasteiger charge is -2.07. The summed E-state index contributed by atoms with van der Waals surface area (Å²) in [4.78, 5) is 18.5. The Morgan fingerprint density at radius 2 is 2.12 bits per heavy atom. The molecule has 16 heavy (non-hydrogen) atoms. The topological polar surface area (TPSA) is 70.5 Å². The van der Waals surface area contributed by atoms with E-state index in [9.17, 15) is 4.79 Å². The van der Waals surface area contributed by atoms with E-state index in [-0.39, 0.29) is 18.6 Å². The minimum atomic E-state index is -0.312. The Balaban J connectivity index is 2.68. The summed E-state index contributed by atoms with van der Waals surface area (Å²) in [5.41, 5.74) is 0.768. The normalized spacial score (nSPS) is 9.69. The van der Waals surface area contributed by atoms with Gasteiger partial charge < -0.3 is 14.2 Å². The van der Waals surface area contributed by atoms with Gasteiger partial charge in [0, 0.05) is 25.1 Å². The van der Waals surface area contributed by atoms with Crippen LogP contribution in [0.1, 0.15) is 12.5 Å². The van der Waals surface area contributed by atoms with Crippen LogP contribution in [0.25, 0.3) is 0 Å². The van der Waals surface area contributed by atoms with Gasteiger partial charge in [0.1, 0.15) is 0 Å². The lowest BCUT2D eigenvalue weighted by atomic mass is 10.2. The van der Waals surface area contributed by atoms with E-state index in [0.29, 0.717) is 12.3 Å². The quantitative estimate of drug-likeness (QED) is 0.685. The van der Waals surface area contributed by atoms with Crippen molar-refractivity contribution < 1.29 is 19.0 Å². The number of carbonyl (C=O) groups is 1. The van der Waals surface area contributed by atoms with E-state index >= 15 is 0 Å². The van der Waals surface area contributed by atoms with Gasteiger partial charge in [-0.15, -0.1) is 0 Å². The summed E-state index contributed by atoms with van der Waals surface area (Å²) >= 11 is 0. The number of nitrogens with zero attached hydrogens (tertiary/aromatic N) is 2. The second-order valence-electron chi connectivity index (χ2n) is 2.98. The zero-order valence-electron chi connectivity index (χ0n) is 9.52. The maximum Gasteiger partial charge on any atom is 0.319 e. The van der Waals surface area contributed by atoms with Crippen LogP contribution in [-0.2, 0) is 16.0 Å². The number of rotatable bonds is 5. The molecular weight excluding hydrogens is 212 g/mol. The Bertz CT molecular complexity index is 368. The second kappa shape index (κ2) is 5.89. The van der Waals surface area contributed by atoms with Crippen LogP contribution in [0.2, 0.25) is 0 Å². The molecule has 1 heterocycles. The van der Waals surface area contributed by atoms with Crippen LogP contribution in [0.4, 0.5) is 0 Å². The zero-order valence-corrected chi connectivity index (χ0v) is 9.52. The molecule has 0 saturated heterocycles. The highest BCUT2D eigenvalue weighted by Gasteiger charge is 2.08. The molecule has 0 fully saturated rings. The van der Waals surface area contributed by atoms with Gasteiger partial charge in [-0.25, -0.2) is 4.98 Å². The minimum absolute atomic E-state index is 0.244. The summed E-state index contributed by atoms with van der Waals surface area (Å²) in [6.45, 7) is 1.64. The highest BCUT2D eigenvalue weighted by molar-refractivity contribution is 5.65. The van der Waals surface area contributed by atoms with E-state index in [2.05, 4.69) is 9.97 Å². The van der Waals surface area contributed by atoms with Crippen molar-refractivity contribution in [1.82, 2.24) is 9.97 Å². The molecule has 0 spiro atoms. The van der Waals surface area contributed by atoms with Gasteiger partial charge in [-0.05, 0) is 0 Å². The molecule has 0 N–H and O–H groups in total. The Morgan fingerprint density at radius 3 is 2.69 bits per heavy atom. The lowest BCUT2D eigenvalue weighted by Crippen LogP contribution is -2.06. The summed E-state index contributed by atoms with van der Waals surface area (Å²) < 4.78 is 14.8. The SMILES string of the molecule is COc1ncc(CCOC(C)=O)c(OC)n1. The fourth-order valence-electron chi connectivity index (χ4n) is 1.13. The van der Waals surface area contributed by atoms with Crippen LogP contribution in [0.3, 0.4) is 0 Å².